The largest absolute Gasteiger partial charge is 0.493 e. The summed E-state index contributed by atoms with van der Waals surface area (Å²) in [6, 6.07) is 6.13. The van der Waals surface area contributed by atoms with E-state index in [1.807, 2.05) is 39.0 Å². The Bertz CT molecular complexity index is 1100. The number of hydrogen-bond acceptors (Lipinski definition) is 9. The number of carbonyl (C=O) groups is 3. The monoisotopic (exact) mass is 486 g/mol. The van der Waals surface area contributed by atoms with Gasteiger partial charge in [-0.05, 0) is 37.5 Å². The van der Waals surface area contributed by atoms with Gasteiger partial charge >= 0.3 is 11.9 Å². The Balaban J connectivity index is 1.70. The van der Waals surface area contributed by atoms with E-state index < -0.39 is 30.0 Å². The van der Waals surface area contributed by atoms with Crippen molar-refractivity contribution in [3.8, 4) is 23.0 Å². The minimum Gasteiger partial charge on any atom is -0.493 e. The van der Waals surface area contributed by atoms with Crippen LogP contribution in [0.4, 0.5) is 0 Å². The number of ether oxygens (including phenoxy) is 5. The molecule has 3 atom stereocenters. The van der Waals surface area contributed by atoms with Crippen LogP contribution in [0.2, 0.25) is 0 Å². The van der Waals surface area contributed by atoms with Crippen LogP contribution in [-0.4, -0.2) is 48.9 Å². The second-order valence-electron chi connectivity index (χ2n) is 8.50. The fourth-order valence-electron chi connectivity index (χ4n) is 4.00. The lowest BCUT2D eigenvalue weighted by Gasteiger charge is -2.29. The molecule has 0 saturated carbocycles. The molecule has 1 aliphatic rings. The summed E-state index contributed by atoms with van der Waals surface area (Å²) in [6.45, 7) is 8.76. The number of aromatic nitrogens is 1. The zero-order chi connectivity index (χ0) is 25.7. The third kappa shape index (κ3) is 6.00. The number of nitrogens with one attached hydrogen (secondary N) is 1. The molecule has 0 bridgehead atoms. The van der Waals surface area contributed by atoms with E-state index in [4.69, 9.17) is 23.7 Å². The molecule has 1 N–H and O–H groups in total. The molecule has 35 heavy (non-hydrogen) atoms. The van der Waals surface area contributed by atoms with Crippen LogP contribution in [0.15, 0.2) is 30.5 Å². The van der Waals surface area contributed by atoms with Crippen molar-refractivity contribution in [2.45, 2.75) is 52.7 Å². The Hall–Kier alpha value is -3.82. The molecule has 0 aliphatic carbocycles. The average molecular weight is 487 g/mol. The van der Waals surface area contributed by atoms with Crippen molar-refractivity contribution < 1.29 is 38.1 Å². The fourth-order valence-corrected chi connectivity index (χ4v) is 4.00. The van der Waals surface area contributed by atoms with Gasteiger partial charge in [0.2, 0.25) is 12.5 Å². The molecule has 10 nitrogen and oxygen atoms in total. The zero-order valence-electron chi connectivity index (χ0n) is 20.6. The normalized spacial score (nSPS) is 14.6. The first-order chi connectivity index (χ1) is 16.6. The smallest absolute Gasteiger partial charge is 0.328 e. The summed E-state index contributed by atoms with van der Waals surface area (Å²) in [7, 11) is 1.37. The number of benzene rings is 1. The summed E-state index contributed by atoms with van der Waals surface area (Å²) < 4.78 is 26.9. The van der Waals surface area contributed by atoms with Gasteiger partial charge in [0.15, 0.2) is 22.9 Å². The highest BCUT2D eigenvalue weighted by Gasteiger charge is 2.30. The number of carbonyl (C=O) groups excluding carboxylic acids is 3. The van der Waals surface area contributed by atoms with Gasteiger partial charge in [-0.2, -0.15) is 0 Å². The lowest BCUT2D eigenvalue weighted by atomic mass is 9.84. The molecule has 0 unspecified atom stereocenters. The van der Waals surface area contributed by atoms with E-state index in [0.29, 0.717) is 11.5 Å². The van der Waals surface area contributed by atoms with Gasteiger partial charge in [0.25, 0.3) is 5.91 Å². The zero-order valence-corrected chi connectivity index (χ0v) is 20.6. The first-order valence-corrected chi connectivity index (χ1v) is 11.2. The quantitative estimate of drug-likeness (QED) is 0.532. The highest BCUT2D eigenvalue weighted by Crippen LogP contribution is 2.38. The average Bonchev–Trinajstić information content (AvgIpc) is 3.26. The number of hydrogen-bond donors (Lipinski definition) is 1. The topological polar surface area (TPSA) is 122 Å². The van der Waals surface area contributed by atoms with Crippen LogP contribution in [0.3, 0.4) is 0 Å². The third-order valence-corrected chi connectivity index (χ3v) is 5.56. The molecule has 0 spiro atoms. The highest BCUT2D eigenvalue weighted by molar-refractivity contribution is 5.98. The first kappa shape index (κ1) is 25.8. The molecule has 0 radical (unpaired) electrons. The molecular formula is C25H30N2O8. The maximum Gasteiger partial charge on any atom is 0.328 e. The van der Waals surface area contributed by atoms with E-state index in [2.05, 4.69) is 10.3 Å². The van der Waals surface area contributed by atoms with Crippen molar-refractivity contribution in [2.24, 2.45) is 5.92 Å². The van der Waals surface area contributed by atoms with Gasteiger partial charge in [-0.3, -0.25) is 9.59 Å². The summed E-state index contributed by atoms with van der Waals surface area (Å²) in [6.07, 6.45) is 0.846. The Morgan fingerprint density at radius 2 is 1.77 bits per heavy atom. The lowest BCUT2D eigenvalue weighted by Crippen LogP contribution is -2.42. The minimum absolute atomic E-state index is 0.119. The number of amides is 1. The lowest BCUT2D eigenvalue weighted by molar-refractivity contribution is -0.151. The van der Waals surface area contributed by atoms with Crippen LogP contribution in [-0.2, 0) is 14.3 Å². The molecule has 0 saturated heterocycles. The van der Waals surface area contributed by atoms with E-state index in [1.54, 1.807) is 0 Å². The standard InChI is InChI=1S/C25H30N2O8/c1-13(2)21(17-7-8-18-20(11-17)33-12-32-18)15(4)34-25(30)14(3)27-24(29)22-23(35-16(5)28)19(31-6)9-10-26-22/h7-11,13-15,21H,12H2,1-6H3,(H,27,29)/t14-,15-,21+/m0/s1. The van der Waals surface area contributed by atoms with E-state index in [1.165, 1.54) is 33.2 Å². The molecule has 1 aromatic heterocycles. The highest BCUT2D eigenvalue weighted by atomic mass is 16.7. The summed E-state index contributed by atoms with van der Waals surface area (Å²) in [4.78, 5) is 41.1. The van der Waals surface area contributed by atoms with E-state index in [9.17, 15) is 14.4 Å². The van der Waals surface area contributed by atoms with Crippen LogP contribution in [0.5, 0.6) is 23.0 Å². The van der Waals surface area contributed by atoms with Crippen molar-refractivity contribution in [2.75, 3.05) is 13.9 Å². The van der Waals surface area contributed by atoms with Crippen molar-refractivity contribution >= 4 is 17.8 Å². The number of pyridine rings is 1. The molecule has 1 amide bonds. The van der Waals surface area contributed by atoms with Gasteiger partial charge in [0.05, 0.1) is 7.11 Å². The van der Waals surface area contributed by atoms with Crippen molar-refractivity contribution in [1.29, 1.82) is 0 Å². The predicted molar refractivity (Wildman–Crippen MR) is 125 cm³/mol. The van der Waals surface area contributed by atoms with Crippen LogP contribution < -0.4 is 24.3 Å². The van der Waals surface area contributed by atoms with Gasteiger partial charge < -0.3 is 29.0 Å². The Kier molecular flexibility index (Phi) is 8.16. The van der Waals surface area contributed by atoms with Gasteiger partial charge in [0.1, 0.15) is 12.1 Å². The Labute approximate surface area is 203 Å². The number of esters is 2. The van der Waals surface area contributed by atoms with Gasteiger partial charge in [-0.1, -0.05) is 19.9 Å². The Morgan fingerprint density at radius 3 is 2.43 bits per heavy atom. The number of methoxy groups -OCH3 is 1. The van der Waals surface area contributed by atoms with Crippen molar-refractivity contribution in [3.05, 3.63) is 41.7 Å². The molecule has 188 valence electrons. The SMILES string of the molecule is COc1ccnc(C(=O)N[C@@H](C)C(=O)O[C@@H](C)[C@H](c2ccc3c(c2)OCO3)C(C)C)c1OC(C)=O. The summed E-state index contributed by atoms with van der Waals surface area (Å²) in [5.74, 6) is -0.581. The van der Waals surface area contributed by atoms with Crippen LogP contribution >= 0.6 is 0 Å². The van der Waals surface area contributed by atoms with Crippen LogP contribution in [0.25, 0.3) is 0 Å². The number of rotatable bonds is 9. The molecule has 10 heteroatoms. The second-order valence-corrected chi connectivity index (χ2v) is 8.50. The maximum absolute atomic E-state index is 12.8. The molecule has 1 aliphatic heterocycles. The molecular weight excluding hydrogens is 456 g/mol. The fraction of sp³-hybridized carbons (Fsp3) is 0.440. The van der Waals surface area contributed by atoms with Gasteiger partial charge in [-0.25, -0.2) is 9.78 Å². The van der Waals surface area contributed by atoms with Gasteiger partial charge in [-0.15, -0.1) is 0 Å². The summed E-state index contributed by atoms with van der Waals surface area (Å²) in [5, 5.41) is 2.55. The van der Waals surface area contributed by atoms with Crippen molar-refractivity contribution in [1.82, 2.24) is 10.3 Å². The maximum atomic E-state index is 12.8. The molecule has 0 fully saturated rings. The van der Waals surface area contributed by atoms with Crippen molar-refractivity contribution in [3.63, 3.8) is 0 Å². The second kappa shape index (κ2) is 11.1. The van der Waals surface area contributed by atoms with E-state index in [-0.39, 0.29) is 35.8 Å². The van der Waals surface area contributed by atoms with Crippen LogP contribution in [0, 0.1) is 5.92 Å². The molecule has 1 aromatic carbocycles. The van der Waals surface area contributed by atoms with Crippen LogP contribution in [0.1, 0.15) is 56.6 Å². The van der Waals surface area contributed by atoms with E-state index in [0.717, 1.165) is 5.56 Å². The Morgan fingerprint density at radius 1 is 1.06 bits per heavy atom. The molecule has 2 heterocycles. The molecule has 3 rings (SSSR count). The third-order valence-electron chi connectivity index (χ3n) is 5.56. The minimum atomic E-state index is -0.993. The predicted octanol–water partition coefficient (Wildman–Crippen LogP) is 3.23. The van der Waals surface area contributed by atoms with Gasteiger partial charge in [0, 0.05) is 25.1 Å². The number of fused-ring (bicyclic) bond motifs is 1. The number of nitrogens with zero attached hydrogens (tertiary/aromatic N) is 1. The summed E-state index contributed by atoms with van der Waals surface area (Å²) in [5.41, 5.74) is 0.764. The van der Waals surface area contributed by atoms with E-state index >= 15 is 0 Å². The first-order valence-electron chi connectivity index (χ1n) is 11.2. The molecule has 2 aromatic rings. The summed E-state index contributed by atoms with van der Waals surface area (Å²) >= 11 is 0.